The molecule has 0 radical (unpaired) electrons. The van der Waals surface area contributed by atoms with Crippen LogP contribution in [0.5, 0.6) is 0 Å². The van der Waals surface area contributed by atoms with Gasteiger partial charge in [-0.2, -0.15) is 0 Å². The second kappa shape index (κ2) is 10.6. The fraction of sp³-hybridized carbons (Fsp3) is 0.200. The van der Waals surface area contributed by atoms with E-state index < -0.39 is 0 Å². The maximum Gasteiger partial charge on any atom is 0.325 e. The second-order valence-electron chi connectivity index (χ2n) is 5.42. The van der Waals surface area contributed by atoms with Crippen LogP contribution in [0.25, 0.3) is 5.57 Å². The molecule has 0 amide bonds. The van der Waals surface area contributed by atoms with Crippen molar-refractivity contribution in [2.75, 3.05) is 13.2 Å². The Labute approximate surface area is 164 Å². The van der Waals surface area contributed by atoms with Gasteiger partial charge in [-0.25, -0.2) is 0 Å². The summed E-state index contributed by atoms with van der Waals surface area (Å²) in [6, 6.07) is 17.4. The number of hydrogen-bond acceptors (Lipinski definition) is 4. The van der Waals surface area contributed by atoms with Crippen molar-refractivity contribution in [1.82, 2.24) is 10.6 Å². The second-order valence-corrected chi connectivity index (χ2v) is 6.26. The van der Waals surface area contributed by atoms with E-state index in [0.29, 0.717) is 23.2 Å². The quantitative estimate of drug-likeness (QED) is 0.407. The Morgan fingerprint density at radius 3 is 2.50 bits per heavy atom. The number of thiocarbonyl (C=S) groups is 1. The molecule has 0 saturated carbocycles. The van der Waals surface area contributed by atoms with Crippen LogP contribution >= 0.6 is 23.8 Å². The predicted molar refractivity (Wildman–Crippen MR) is 110 cm³/mol. The molecule has 2 rings (SSSR count). The van der Waals surface area contributed by atoms with Gasteiger partial charge in [-0.3, -0.25) is 4.79 Å². The van der Waals surface area contributed by atoms with E-state index in [1.54, 1.807) is 25.3 Å². The lowest BCUT2D eigenvalue weighted by molar-refractivity contribution is -0.141. The lowest BCUT2D eigenvalue weighted by atomic mass is 10.1. The fourth-order valence-corrected chi connectivity index (χ4v) is 2.61. The smallest absolute Gasteiger partial charge is 0.325 e. The fourth-order valence-electron chi connectivity index (χ4n) is 2.23. The van der Waals surface area contributed by atoms with Gasteiger partial charge in [0.1, 0.15) is 11.5 Å². The van der Waals surface area contributed by atoms with Crippen molar-refractivity contribution in [2.45, 2.75) is 13.5 Å². The molecular weight excluding hydrogens is 368 g/mol. The average Bonchev–Trinajstić information content (AvgIpc) is 2.65. The highest BCUT2D eigenvalue weighted by atomic mass is 35.5. The van der Waals surface area contributed by atoms with E-state index in [1.165, 1.54) is 0 Å². The Bertz CT molecular complexity index is 761. The molecule has 2 N–H and O–H groups in total. The highest BCUT2D eigenvalue weighted by Gasteiger charge is 2.09. The monoisotopic (exact) mass is 388 g/mol. The first kappa shape index (κ1) is 19.9. The lowest BCUT2D eigenvalue weighted by Gasteiger charge is -2.13. The summed E-state index contributed by atoms with van der Waals surface area (Å²) >= 11 is 11.5. The van der Waals surface area contributed by atoms with Crippen LogP contribution in [0.1, 0.15) is 18.1 Å². The summed E-state index contributed by atoms with van der Waals surface area (Å²) in [6.45, 7) is 2.82. The summed E-state index contributed by atoms with van der Waals surface area (Å²) in [5, 5.41) is 6.86. The number of hydrogen-bond donors (Lipinski definition) is 2. The Morgan fingerprint density at radius 2 is 1.85 bits per heavy atom. The van der Waals surface area contributed by atoms with E-state index in [4.69, 9.17) is 28.6 Å². The zero-order valence-corrected chi connectivity index (χ0v) is 16.1. The molecule has 0 bridgehead atoms. The van der Waals surface area contributed by atoms with Crippen molar-refractivity contribution < 1.29 is 9.53 Å². The number of ether oxygens (including phenoxy) is 1. The summed E-state index contributed by atoms with van der Waals surface area (Å²) in [5.74, 6) is -0.317. The summed E-state index contributed by atoms with van der Waals surface area (Å²) in [4.78, 5) is 12.1. The van der Waals surface area contributed by atoms with Gasteiger partial charge < -0.3 is 15.4 Å². The molecule has 2 aromatic rings. The molecule has 0 fully saturated rings. The third kappa shape index (κ3) is 6.50. The molecule has 0 aliphatic carbocycles. The minimum Gasteiger partial charge on any atom is -0.465 e. The van der Waals surface area contributed by atoms with Gasteiger partial charge >= 0.3 is 5.97 Å². The van der Waals surface area contributed by atoms with E-state index in [0.717, 1.165) is 16.7 Å². The van der Waals surface area contributed by atoms with Crippen LogP contribution in [0.3, 0.4) is 0 Å². The third-order valence-electron chi connectivity index (χ3n) is 3.49. The summed E-state index contributed by atoms with van der Waals surface area (Å²) in [7, 11) is 0. The maximum atomic E-state index is 11.5. The predicted octanol–water partition coefficient (Wildman–Crippen LogP) is 3.95. The van der Waals surface area contributed by atoms with Crippen LogP contribution in [0.4, 0.5) is 0 Å². The first-order valence-corrected chi connectivity index (χ1v) is 9.06. The van der Waals surface area contributed by atoms with Crippen molar-refractivity contribution in [2.24, 2.45) is 0 Å². The average molecular weight is 389 g/mol. The van der Waals surface area contributed by atoms with Crippen LogP contribution in [0, 0.1) is 0 Å². The van der Waals surface area contributed by atoms with E-state index in [1.807, 2.05) is 42.5 Å². The Balaban J connectivity index is 2.09. The van der Waals surface area contributed by atoms with Gasteiger partial charge in [0, 0.05) is 23.3 Å². The zero-order chi connectivity index (χ0) is 18.8. The number of rotatable bonds is 8. The van der Waals surface area contributed by atoms with E-state index in [2.05, 4.69) is 10.6 Å². The van der Waals surface area contributed by atoms with Gasteiger partial charge in [-0.1, -0.05) is 66.3 Å². The number of carbonyl (C=O) groups excluding carboxylic acids is 1. The summed E-state index contributed by atoms with van der Waals surface area (Å²) < 4.78 is 4.91. The lowest BCUT2D eigenvalue weighted by Crippen LogP contribution is -2.25. The topological polar surface area (TPSA) is 50.4 Å². The first-order valence-electron chi connectivity index (χ1n) is 8.27. The Morgan fingerprint density at radius 1 is 1.15 bits per heavy atom. The van der Waals surface area contributed by atoms with Crippen molar-refractivity contribution in [3.8, 4) is 0 Å². The molecule has 2 aromatic carbocycles. The normalized spacial score (nSPS) is 10.9. The Hall–Kier alpha value is -2.37. The van der Waals surface area contributed by atoms with Crippen molar-refractivity contribution in [3.63, 3.8) is 0 Å². The molecule has 136 valence electrons. The molecule has 0 saturated heterocycles. The molecule has 26 heavy (non-hydrogen) atoms. The Kier molecular flexibility index (Phi) is 8.12. The van der Waals surface area contributed by atoms with Crippen molar-refractivity contribution >= 4 is 40.3 Å². The molecule has 4 nitrogen and oxygen atoms in total. The van der Waals surface area contributed by atoms with E-state index >= 15 is 0 Å². The first-order chi connectivity index (χ1) is 12.6. The maximum absolute atomic E-state index is 11.5. The van der Waals surface area contributed by atoms with E-state index in [-0.39, 0.29) is 12.5 Å². The molecule has 0 heterocycles. The minimum atomic E-state index is -0.317. The van der Waals surface area contributed by atoms with E-state index in [9.17, 15) is 4.79 Å². The van der Waals surface area contributed by atoms with Crippen molar-refractivity contribution in [1.29, 1.82) is 0 Å². The SMILES string of the molecule is CCOC(=O)CN/C=C(/C(=S)NCc1ccccc1)c1ccc(Cl)cc1. The summed E-state index contributed by atoms with van der Waals surface area (Å²) in [5.41, 5.74) is 2.80. The van der Waals surface area contributed by atoms with Crippen molar-refractivity contribution in [3.05, 3.63) is 76.9 Å². The molecule has 0 aromatic heterocycles. The number of carbonyl (C=O) groups is 1. The van der Waals surface area contributed by atoms with Crippen LogP contribution in [-0.4, -0.2) is 24.1 Å². The van der Waals surface area contributed by atoms with Crippen LogP contribution in [-0.2, 0) is 16.1 Å². The minimum absolute atomic E-state index is 0.0756. The number of nitrogens with one attached hydrogen (secondary N) is 2. The number of benzene rings is 2. The number of halogens is 1. The summed E-state index contributed by atoms with van der Waals surface area (Å²) in [6.07, 6.45) is 1.72. The largest absolute Gasteiger partial charge is 0.465 e. The molecular formula is C20H21ClN2O2S. The molecule has 6 heteroatoms. The standard InChI is InChI=1S/C20H21ClN2O2S/c1-2-25-19(24)14-22-13-18(16-8-10-17(21)11-9-16)20(26)23-12-15-6-4-3-5-7-15/h3-11,13,22H,2,12,14H2,1H3,(H,23,26)/b18-13+. The van der Waals surface area contributed by atoms with Gasteiger partial charge in [0.25, 0.3) is 0 Å². The van der Waals surface area contributed by atoms with Crippen LogP contribution in [0.2, 0.25) is 5.02 Å². The highest BCUT2D eigenvalue weighted by molar-refractivity contribution is 7.81. The van der Waals surface area contributed by atoms with Gasteiger partial charge in [0.05, 0.1) is 6.61 Å². The van der Waals surface area contributed by atoms with Gasteiger partial charge in [-0.15, -0.1) is 0 Å². The molecule has 0 aliphatic rings. The van der Waals surface area contributed by atoms with Crippen LogP contribution in [0.15, 0.2) is 60.8 Å². The van der Waals surface area contributed by atoms with Crippen LogP contribution < -0.4 is 10.6 Å². The molecule has 0 aliphatic heterocycles. The number of esters is 1. The molecule has 0 unspecified atom stereocenters. The molecule has 0 spiro atoms. The van der Waals surface area contributed by atoms with Gasteiger partial charge in [-0.05, 0) is 30.2 Å². The van der Waals surface area contributed by atoms with Gasteiger partial charge in [0.15, 0.2) is 0 Å². The zero-order valence-electron chi connectivity index (χ0n) is 14.5. The third-order valence-corrected chi connectivity index (χ3v) is 4.11. The molecule has 0 atom stereocenters. The highest BCUT2D eigenvalue weighted by Crippen LogP contribution is 2.18. The van der Waals surface area contributed by atoms with Gasteiger partial charge in [0.2, 0.25) is 0 Å².